The number of carbonyl (C=O) groups excluding carboxylic acids is 3. The van der Waals surface area contributed by atoms with Crippen LogP contribution in [-0.2, 0) is 27.2 Å². The zero-order valence-electron chi connectivity index (χ0n) is 20.9. The monoisotopic (exact) mass is 494 g/mol. The Hall–Kier alpha value is -2.93. The number of Topliss-reactive ketones (excluding diaryl/α,β-unsaturated/α-hetero) is 3. The summed E-state index contributed by atoms with van der Waals surface area (Å²) in [6, 6.07) is 1.97. The second-order valence-corrected chi connectivity index (χ2v) is 11.2. The first-order chi connectivity index (χ1) is 17.1. The van der Waals surface area contributed by atoms with E-state index in [1.54, 1.807) is 0 Å². The minimum absolute atomic E-state index is 0.0419. The summed E-state index contributed by atoms with van der Waals surface area (Å²) in [5.41, 5.74) is -0.434. The van der Waals surface area contributed by atoms with Crippen molar-refractivity contribution in [3.8, 4) is 5.75 Å². The lowest BCUT2D eigenvalue weighted by Gasteiger charge is -2.46. The van der Waals surface area contributed by atoms with Gasteiger partial charge in [-0.3, -0.25) is 14.4 Å². The SMILES string of the molecule is CC(=O)C1=C(O)C2(O)C(=O)C3=C(O)c4c(O)c(CCC5CCCCC5)cc(C)c4CC3CC2CC1=O. The van der Waals surface area contributed by atoms with Gasteiger partial charge in [0.15, 0.2) is 17.2 Å². The molecule has 3 atom stereocenters. The first-order valence-corrected chi connectivity index (χ1v) is 13.1. The third-order valence-electron chi connectivity index (χ3n) is 9.02. The van der Waals surface area contributed by atoms with Crippen molar-refractivity contribution < 1.29 is 34.8 Å². The van der Waals surface area contributed by atoms with Crippen LogP contribution in [0.2, 0.25) is 0 Å². The van der Waals surface area contributed by atoms with Crippen LogP contribution in [0.15, 0.2) is 23.0 Å². The summed E-state index contributed by atoms with van der Waals surface area (Å²) in [6.45, 7) is 3.03. The normalized spacial score (nSPS) is 28.6. The number of benzene rings is 1. The van der Waals surface area contributed by atoms with Crippen LogP contribution in [0.25, 0.3) is 5.76 Å². The molecule has 3 unspecified atom stereocenters. The minimum Gasteiger partial charge on any atom is -0.508 e. The summed E-state index contributed by atoms with van der Waals surface area (Å²) in [6.07, 6.45) is 8.07. The highest BCUT2D eigenvalue weighted by atomic mass is 16.3. The molecule has 2 saturated carbocycles. The van der Waals surface area contributed by atoms with Crippen molar-refractivity contribution in [3.63, 3.8) is 0 Å². The van der Waals surface area contributed by atoms with Crippen LogP contribution in [0.3, 0.4) is 0 Å². The molecule has 1 aromatic carbocycles. The van der Waals surface area contributed by atoms with Gasteiger partial charge < -0.3 is 20.4 Å². The summed E-state index contributed by atoms with van der Waals surface area (Å²) in [4.78, 5) is 38.2. The highest BCUT2D eigenvalue weighted by Gasteiger charge is 2.60. The van der Waals surface area contributed by atoms with E-state index in [0.717, 1.165) is 30.0 Å². The third kappa shape index (κ3) is 3.62. The highest BCUT2D eigenvalue weighted by molar-refractivity contribution is 6.23. The number of ketones is 3. The van der Waals surface area contributed by atoms with Gasteiger partial charge in [0.2, 0.25) is 5.78 Å². The summed E-state index contributed by atoms with van der Waals surface area (Å²) in [5.74, 6) is -4.31. The molecule has 2 fully saturated rings. The van der Waals surface area contributed by atoms with E-state index in [1.165, 1.54) is 32.1 Å². The molecular formula is C29H34O7. The molecule has 4 aliphatic rings. The molecule has 0 saturated heterocycles. The van der Waals surface area contributed by atoms with Crippen LogP contribution in [-0.4, -0.2) is 43.4 Å². The molecule has 0 heterocycles. The number of allylic oxidation sites excluding steroid dienone is 1. The predicted octanol–water partition coefficient (Wildman–Crippen LogP) is 4.35. The van der Waals surface area contributed by atoms with E-state index in [0.29, 0.717) is 18.8 Å². The molecule has 7 nitrogen and oxygen atoms in total. The van der Waals surface area contributed by atoms with Gasteiger partial charge in [-0.05, 0) is 68.1 Å². The van der Waals surface area contributed by atoms with Gasteiger partial charge >= 0.3 is 0 Å². The lowest BCUT2D eigenvalue weighted by Crippen LogP contribution is -2.57. The maximum Gasteiger partial charge on any atom is 0.202 e. The number of hydrogen-bond acceptors (Lipinski definition) is 7. The maximum absolute atomic E-state index is 13.7. The maximum atomic E-state index is 13.7. The van der Waals surface area contributed by atoms with Crippen molar-refractivity contribution in [3.05, 3.63) is 45.2 Å². The molecule has 5 rings (SSSR count). The van der Waals surface area contributed by atoms with Gasteiger partial charge in [-0.1, -0.05) is 38.2 Å². The Kier molecular flexibility index (Phi) is 6.10. The number of aryl methyl sites for hydroxylation is 2. The lowest BCUT2D eigenvalue weighted by atomic mass is 9.59. The van der Waals surface area contributed by atoms with Gasteiger partial charge in [-0.2, -0.15) is 0 Å². The van der Waals surface area contributed by atoms with E-state index in [1.807, 2.05) is 13.0 Å². The molecule has 4 aliphatic carbocycles. The van der Waals surface area contributed by atoms with Crippen molar-refractivity contribution in [2.24, 2.45) is 17.8 Å². The van der Waals surface area contributed by atoms with E-state index >= 15 is 0 Å². The van der Waals surface area contributed by atoms with Crippen LogP contribution in [0.4, 0.5) is 0 Å². The van der Waals surface area contributed by atoms with Crippen LogP contribution < -0.4 is 0 Å². The standard InChI is InChI=1S/C29H34O7/c1-14-10-17(9-8-16-6-4-3-5-7-16)25(32)24-20(14)12-18-11-19-13-21(31)22(15(2)30)27(34)29(19,36)28(35)23(18)26(24)33/h10,16,18-19,32-34,36H,3-9,11-13H2,1-2H3. The van der Waals surface area contributed by atoms with Gasteiger partial charge in [0.25, 0.3) is 0 Å². The molecule has 1 aromatic rings. The van der Waals surface area contributed by atoms with Crippen molar-refractivity contribution in [2.45, 2.75) is 83.7 Å². The van der Waals surface area contributed by atoms with Gasteiger partial charge in [0.1, 0.15) is 22.8 Å². The molecular weight excluding hydrogens is 460 g/mol. The average molecular weight is 495 g/mol. The Balaban J connectivity index is 1.56. The number of fused-ring (bicyclic) bond motifs is 3. The molecule has 0 aliphatic heterocycles. The number of aliphatic hydroxyl groups is 3. The number of hydrogen-bond donors (Lipinski definition) is 4. The van der Waals surface area contributed by atoms with Crippen LogP contribution >= 0.6 is 0 Å². The first kappa shape index (κ1) is 24.8. The largest absolute Gasteiger partial charge is 0.508 e. The van der Waals surface area contributed by atoms with Crippen molar-refractivity contribution in [1.82, 2.24) is 0 Å². The minimum atomic E-state index is -2.45. The zero-order chi connectivity index (χ0) is 25.9. The molecule has 36 heavy (non-hydrogen) atoms. The molecule has 192 valence electrons. The predicted molar refractivity (Wildman–Crippen MR) is 133 cm³/mol. The zero-order valence-corrected chi connectivity index (χ0v) is 20.9. The average Bonchev–Trinajstić information content (AvgIpc) is 2.83. The van der Waals surface area contributed by atoms with Gasteiger partial charge in [-0.15, -0.1) is 0 Å². The number of phenols is 1. The molecule has 0 aromatic heterocycles. The fourth-order valence-corrected chi connectivity index (χ4v) is 7.08. The fourth-order valence-electron chi connectivity index (χ4n) is 7.08. The number of carbonyl (C=O) groups is 3. The number of rotatable bonds is 4. The Labute approximate surface area is 210 Å². The Morgan fingerprint density at radius 1 is 1.08 bits per heavy atom. The van der Waals surface area contributed by atoms with Crippen LogP contribution in [0.1, 0.15) is 80.5 Å². The van der Waals surface area contributed by atoms with Gasteiger partial charge in [-0.25, -0.2) is 0 Å². The molecule has 4 N–H and O–H groups in total. The summed E-state index contributed by atoms with van der Waals surface area (Å²) >= 11 is 0. The van der Waals surface area contributed by atoms with Crippen molar-refractivity contribution in [2.75, 3.05) is 0 Å². The van der Waals surface area contributed by atoms with Crippen molar-refractivity contribution >= 4 is 23.1 Å². The van der Waals surface area contributed by atoms with E-state index in [4.69, 9.17) is 0 Å². The Bertz CT molecular complexity index is 1230. The topological polar surface area (TPSA) is 132 Å². The van der Waals surface area contributed by atoms with Crippen molar-refractivity contribution in [1.29, 1.82) is 0 Å². The number of aromatic hydroxyl groups is 1. The number of phenolic OH excluding ortho intramolecular Hbond substituents is 1. The summed E-state index contributed by atoms with van der Waals surface area (Å²) < 4.78 is 0. The summed E-state index contributed by atoms with van der Waals surface area (Å²) in [7, 11) is 0. The Morgan fingerprint density at radius 2 is 1.78 bits per heavy atom. The number of aliphatic hydroxyl groups excluding tert-OH is 2. The smallest absolute Gasteiger partial charge is 0.202 e. The molecule has 0 amide bonds. The highest BCUT2D eigenvalue weighted by Crippen LogP contribution is 2.52. The molecule has 0 radical (unpaired) electrons. The second kappa shape index (κ2) is 8.87. The van der Waals surface area contributed by atoms with E-state index < -0.39 is 46.1 Å². The molecule has 0 bridgehead atoms. The molecule has 0 spiro atoms. The van der Waals surface area contributed by atoms with E-state index in [-0.39, 0.29) is 35.5 Å². The first-order valence-electron chi connectivity index (χ1n) is 13.1. The van der Waals surface area contributed by atoms with Gasteiger partial charge in [0.05, 0.1) is 5.56 Å². The summed E-state index contributed by atoms with van der Waals surface area (Å²) in [5, 5.41) is 44.7. The fraction of sp³-hybridized carbons (Fsp3) is 0.552. The Morgan fingerprint density at radius 3 is 2.44 bits per heavy atom. The third-order valence-corrected chi connectivity index (χ3v) is 9.02. The van der Waals surface area contributed by atoms with E-state index in [2.05, 4.69) is 0 Å². The van der Waals surface area contributed by atoms with E-state index in [9.17, 15) is 34.8 Å². The van der Waals surface area contributed by atoms with Crippen LogP contribution in [0.5, 0.6) is 5.75 Å². The van der Waals surface area contributed by atoms with Crippen LogP contribution in [0, 0.1) is 24.7 Å². The quantitative estimate of drug-likeness (QED) is 0.458. The van der Waals surface area contributed by atoms with Gasteiger partial charge in [0, 0.05) is 17.9 Å². The lowest BCUT2D eigenvalue weighted by molar-refractivity contribution is -0.147. The second-order valence-electron chi connectivity index (χ2n) is 11.2. The molecule has 7 heteroatoms.